The number of rotatable bonds is 13. The number of amides is 1. The first-order chi connectivity index (χ1) is 33.7. The van der Waals surface area contributed by atoms with E-state index < -0.39 is 127 Å². The van der Waals surface area contributed by atoms with Gasteiger partial charge in [0, 0.05) is 6.42 Å². The maximum absolute atomic E-state index is 15.6. The molecule has 0 aromatic rings. The van der Waals surface area contributed by atoms with Gasteiger partial charge in [-0.3, -0.25) is 9.59 Å². The number of nitrogens with one attached hydrogen (secondary N) is 1. The van der Waals surface area contributed by atoms with Gasteiger partial charge in [-0.05, 0) is 129 Å². The summed E-state index contributed by atoms with van der Waals surface area (Å²) in [4.78, 5) is 28.9. The van der Waals surface area contributed by atoms with Gasteiger partial charge in [0.05, 0.1) is 37.6 Å². The number of hydrogen-bond donors (Lipinski definition) is 11. The average Bonchev–Trinajstić information content (AvgIpc) is 3.31. The van der Waals surface area contributed by atoms with Crippen molar-refractivity contribution in [3.8, 4) is 0 Å². The Morgan fingerprint density at radius 1 is 0.750 bits per heavy atom. The number of aliphatic hydroxyl groups is 9. The third-order valence-electron chi connectivity index (χ3n) is 20.4. The summed E-state index contributed by atoms with van der Waals surface area (Å²) < 4.78 is 36.3. The molecule has 19 nitrogen and oxygen atoms in total. The van der Waals surface area contributed by atoms with E-state index in [2.05, 4.69) is 59.9 Å². The van der Waals surface area contributed by atoms with E-state index in [1.807, 2.05) is 0 Å². The van der Waals surface area contributed by atoms with Crippen molar-refractivity contribution in [3.63, 3.8) is 0 Å². The summed E-state index contributed by atoms with van der Waals surface area (Å²) in [5.74, 6) is -1.10. The van der Waals surface area contributed by atoms with Crippen molar-refractivity contribution in [1.29, 1.82) is 0 Å². The molecule has 4 saturated carbocycles. The van der Waals surface area contributed by atoms with Crippen molar-refractivity contribution in [2.24, 2.45) is 56.0 Å². The molecular formula is C53H88N2O17. The topological polar surface area (TPSA) is 310 Å². The predicted molar refractivity (Wildman–Crippen MR) is 258 cm³/mol. The molecule has 3 saturated heterocycles. The highest BCUT2D eigenvalue weighted by molar-refractivity contribution is 5.80. The first kappa shape index (κ1) is 56.3. The maximum atomic E-state index is 15.6. The normalized spacial score (nSPS) is 49.8. The molecule has 13 unspecified atom stereocenters. The lowest BCUT2D eigenvalue weighted by Gasteiger charge is -2.71. The number of carbonyl (C=O) groups is 2. The number of aliphatic hydroxyl groups excluding tert-OH is 9. The quantitative estimate of drug-likeness (QED) is 0.0706. The summed E-state index contributed by atoms with van der Waals surface area (Å²) >= 11 is 0. The van der Waals surface area contributed by atoms with Gasteiger partial charge >= 0.3 is 5.97 Å². The molecule has 8 aliphatic rings. The molecule has 8 rings (SSSR count). The van der Waals surface area contributed by atoms with Crippen LogP contribution in [0.25, 0.3) is 0 Å². The van der Waals surface area contributed by atoms with Crippen LogP contribution in [0, 0.1) is 50.2 Å². The first-order valence-electron chi connectivity index (χ1n) is 26.9. The Morgan fingerprint density at radius 2 is 1.44 bits per heavy atom. The number of unbranched alkanes of at least 4 members (excludes halogenated alkanes) is 2. The van der Waals surface area contributed by atoms with Crippen molar-refractivity contribution < 1.29 is 84.0 Å². The van der Waals surface area contributed by atoms with E-state index in [9.17, 15) is 50.8 Å². The third-order valence-corrected chi connectivity index (χ3v) is 20.4. The summed E-state index contributed by atoms with van der Waals surface area (Å²) in [6.45, 7) is 16.7. The Kier molecular flexibility index (Phi) is 16.3. The average molecular weight is 1030 g/mol. The Bertz CT molecular complexity index is 1970. The summed E-state index contributed by atoms with van der Waals surface area (Å²) in [6, 6.07) is -1.32. The number of ether oxygens (including phenoxy) is 6. The molecule has 0 radical (unpaired) electrons. The molecule has 3 aliphatic heterocycles. The highest BCUT2D eigenvalue weighted by Crippen LogP contribution is 2.76. The zero-order valence-electron chi connectivity index (χ0n) is 43.7. The van der Waals surface area contributed by atoms with E-state index in [0.29, 0.717) is 51.0 Å². The summed E-state index contributed by atoms with van der Waals surface area (Å²) in [7, 11) is 0. The van der Waals surface area contributed by atoms with Gasteiger partial charge in [0.25, 0.3) is 0 Å². The fourth-order valence-electron chi connectivity index (χ4n) is 15.8. The molecule has 12 N–H and O–H groups in total. The third kappa shape index (κ3) is 9.45. The standard InChI is InChI=1S/C53H88N2O17/c1-26-42(70-44-40(64)37(61)29(57)25-67-44)39(63)41(65)45(68-26)71-43-38(62)36(55-35(60)12-10-9-11-21-54)30(24-56)69-46(43)72-47(66)53-20-19-48(2,3)22-28(53)27-13-14-32-50(6)17-16-33(58)49(4,5)31(50)15-18-51(32,7)52(27,8)23-34(53)59/h13,26,28-34,36-46,56-59,61-65H,9-12,14-25,54H2,1-8H3,(H,55,60)/t26?,28?,29-,30?,31+,32?,33+,34-,36+,37?,38?,39?,40?,41?,42+,43?,44+,45?,46+,50?,51?,52-,53-/m1/s1. The van der Waals surface area contributed by atoms with Crippen LogP contribution in [-0.2, 0) is 38.0 Å². The number of hydrogen-bond acceptors (Lipinski definition) is 18. The number of esters is 1. The van der Waals surface area contributed by atoms with E-state index in [0.717, 1.165) is 37.7 Å². The molecule has 5 aliphatic carbocycles. The van der Waals surface area contributed by atoms with E-state index in [4.69, 9.17) is 34.2 Å². The molecule has 23 atom stereocenters. The fourth-order valence-corrected chi connectivity index (χ4v) is 15.8. The monoisotopic (exact) mass is 1020 g/mol. The maximum Gasteiger partial charge on any atom is 0.317 e. The van der Waals surface area contributed by atoms with E-state index in [1.165, 1.54) is 6.92 Å². The molecule has 0 aromatic heterocycles. The van der Waals surface area contributed by atoms with Gasteiger partial charge in [-0.2, -0.15) is 0 Å². The highest BCUT2D eigenvalue weighted by Gasteiger charge is 2.72. The first-order valence-corrected chi connectivity index (χ1v) is 26.9. The SMILES string of the molecule is CC1OC(OC2C(O)[C@@H](NC(=O)CCCCCN)C(CO)O[C@H]2OC(=O)[C@]23CCC(C)(C)CC2C2=CCC4C5(C)CC[C@H](O)C(C)(C)[C@@H]5CCC4(C)[C@]2(C)C[C@H]3O)C(O)C(O)[C@H]1O[C@@H]1OC[C@@H](O)C(O)C1O. The van der Waals surface area contributed by atoms with Gasteiger partial charge in [-0.15, -0.1) is 0 Å². The molecule has 19 heteroatoms. The van der Waals surface area contributed by atoms with Crippen LogP contribution in [0.3, 0.4) is 0 Å². The minimum absolute atomic E-state index is 0.0536. The number of carbonyl (C=O) groups excluding carboxylic acids is 2. The lowest BCUT2D eigenvalue weighted by atomic mass is 9.33. The van der Waals surface area contributed by atoms with Gasteiger partial charge in [-0.25, -0.2) is 0 Å². The second kappa shape index (κ2) is 20.8. The number of fused-ring (bicyclic) bond motifs is 7. The predicted octanol–water partition coefficient (Wildman–Crippen LogP) is 1.42. The lowest BCUT2D eigenvalue weighted by Crippen LogP contribution is -2.69. The smallest absolute Gasteiger partial charge is 0.317 e. The summed E-state index contributed by atoms with van der Waals surface area (Å²) in [5, 5.41) is 104. The largest absolute Gasteiger partial charge is 0.432 e. The van der Waals surface area contributed by atoms with Crippen LogP contribution in [0.1, 0.15) is 139 Å². The van der Waals surface area contributed by atoms with E-state index in [-0.39, 0.29) is 53.1 Å². The number of nitrogens with two attached hydrogens (primary N) is 1. The second-order valence-corrected chi connectivity index (χ2v) is 25.3. The zero-order valence-corrected chi connectivity index (χ0v) is 43.7. The summed E-state index contributed by atoms with van der Waals surface area (Å²) in [6.07, 6.45) is -12.0. The molecule has 0 aromatic carbocycles. The number of allylic oxidation sites excluding steroid dienone is 2. The minimum atomic E-state index is -1.91. The van der Waals surface area contributed by atoms with Crippen molar-refractivity contribution in [3.05, 3.63) is 11.6 Å². The lowest BCUT2D eigenvalue weighted by molar-refractivity contribution is -0.370. The zero-order chi connectivity index (χ0) is 52.7. The van der Waals surface area contributed by atoms with E-state index >= 15 is 4.79 Å². The van der Waals surface area contributed by atoms with Crippen molar-refractivity contribution >= 4 is 11.9 Å². The van der Waals surface area contributed by atoms with Crippen molar-refractivity contribution in [2.75, 3.05) is 19.8 Å². The Hall–Kier alpha value is -1.92. The van der Waals surface area contributed by atoms with Crippen LogP contribution in [-0.4, -0.2) is 176 Å². The molecule has 412 valence electrons. The van der Waals surface area contributed by atoms with Crippen molar-refractivity contribution in [2.45, 2.75) is 237 Å². The molecule has 7 fully saturated rings. The Morgan fingerprint density at radius 3 is 2.14 bits per heavy atom. The van der Waals surface area contributed by atoms with E-state index in [1.54, 1.807) is 0 Å². The van der Waals surface area contributed by atoms with Gasteiger partial charge in [0.15, 0.2) is 18.7 Å². The van der Waals surface area contributed by atoms with Crippen LogP contribution in [0.5, 0.6) is 0 Å². The fraction of sp³-hybridized carbons (Fsp3) is 0.925. The molecule has 0 bridgehead atoms. The van der Waals surface area contributed by atoms with Crippen LogP contribution in [0.2, 0.25) is 0 Å². The second-order valence-electron chi connectivity index (χ2n) is 25.3. The van der Waals surface area contributed by atoms with Gasteiger partial charge in [-0.1, -0.05) is 66.5 Å². The summed E-state index contributed by atoms with van der Waals surface area (Å²) in [5.41, 5.74) is 4.07. The Balaban J connectivity index is 1.09. The molecular weight excluding hydrogens is 937 g/mol. The van der Waals surface area contributed by atoms with Gasteiger partial charge in [0.1, 0.15) is 54.2 Å². The van der Waals surface area contributed by atoms with Crippen LogP contribution >= 0.6 is 0 Å². The molecule has 72 heavy (non-hydrogen) atoms. The van der Waals surface area contributed by atoms with Crippen LogP contribution in [0.15, 0.2) is 11.6 Å². The van der Waals surface area contributed by atoms with Crippen LogP contribution < -0.4 is 11.1 Å². The molecule has 3 heterocycles. The van der Waals surface area contributed by atoms with Crippen molar-refractivity contribution in [1.82, 2.24) is 5.32 Å². The Labute approximate surface area is 424 Å². The highest BCUT2D eigenvalue weighted by atomic mass is 16.8. The van der Waals surface area contributed by atoms with Gasteiger partial charge < -0.3 is 85.4 Å². The molecule has 0 spiro atoms. The van der Waals surface area contributed by atoms with Gasteiger partial charge in [0.2, 0.25) is 12.2 Å². The minimum Gasteiger partial charge on any atom is -0.432 e. The molecule has 1 amide bonds. The van der Waals surface area contributed by atoms with Crippen LogP contribution in [0.4, 0.5) is 0 Å².